The fourth-order valence-electron chi connectivity index (χ4n) is 1.59. The number of aromatic nitrogens is 3. The van der Waals surface area contributed by atoms with Gasteiger partial charge >= 0.3 is 0 Å². The zero-order valence-electron chi connectivity index (χ0n) is 8.09. The Labute approximate surface area is 110 Å². The molecule has 0 amide bonds. The maximum atomic E-state index is 4.40. The van der Waals surface area contributed by atoms with Crippen LogP contribution in [-0.2, 0) is 0 Å². The summed E-state index contributed by atoms with van der Waals surface area (Å²) in [6.07, 6.45) is 1.80. The summed E-state index contributed by atoms with van der Waals surface area (Å²) in [6, 6.07) is 10.1. The maximum Gasteiger partial charge on any atom is 0.178 e. The summed E-state index contributed by atoms with van der Waals surface area (Å²) in [6.45, 7) is 0. The first-order chi connectivity index (χ1) is 7.84. The van der Waals surface area contributed by atoms with Crippen LogP contribution >= 0.6 is 33.9 Å². The molecule has 0 aliphatic carbocycles. The molecular formula is C11H6IN3S. The monoisotopic (exact) mass is 339 g/mol. The quantitative estimate of drug-likeness (QED) is 0.638. The largest absolute Gasteiger partial charge is 0.256 e. The zero-order chi connectivity index (χ0) is 11.0. The van der Waals surface area contributed by atoms with Gasteiger partial charge in [0.15, 0.2) is 8.02 Å². The molecule has 3 rings (SSSR count). The fraction of sp³-hybridized carbons (Fsp3) is 0. The van der Waals surface area contributed by atoms with Crippen LogP contribution in [0, 0.1) is 3.01 Å². The second kappa shape index (κ2) is 4.06. The SMILES string of the molecule is Ic1nnc(-c2cccc3cccnc23)s1. The summed E-state index contributed by atoms with van der Waals surface area (Å²) in [4.78, 5) is 4.40. The molecule has 3 aromatic rings. The van der Waals surface area contributed by atoms with Crippen LogP contribution in [0.2, 0.25) is 0 Å². The molecule has 78 valence electrons. The highest BCUT2D eigenvalue weighted by molar-refractivity contribution is 14.1. The summed E-state index contributed by atoms with van der Waals surface area (Å²) in [5, 5.41) is 10.2. The molecule has 0 fully saturated rings. The summed E-state index contributed by atoms with van der Waals surface area (Å²) in [7, 11) is 0. The molecule has 0 unspecified atom stereocenters. The molecule has 0 bridgehead atoms. The Morgan fingerprint density at radius 1 is 1.06 bits per heavy atom. The van der Waals surface area contributed by atoms with Crippen LogP contribution in [0.4, 0.5) is 0 Å². The van der Waals surface area contributed by atoms with E-state index in [0.29, 0.717) is 0 Å². The predicted octanol–water partition coefficient (Wildman–Crippen LogP) is 3.36. The molecule has 3 nitrogen and oxygen atoms in total. The van der Waals surface area contributed by atoms with Crippen molar-refractivity contribution < 1.29 is 0 Å². The van der Waals surface area contributed by atoms with E-state index >= 15 is 0 Å². The molecule has 0 radical (unpaired) electrons. The first-order valence-corrected chi connectivity index (χ1v) is 6.57. The van der Waals surface area contributed by atoms with Crippen LogP contribution in [0.15, 0.2) is 36.5 Å². The van der Waals surface area contributed by atoms with Gasteiger partial charge in [0, 0.05) is 17.1 Å². The van der Waals surface area contributed by atoms with Crippen LogP contribution in [0.25, 0.3) is 21.5 Å². The standard InChI is InChI=1S/C11H6IN3S/c12-11-15-14-10(16-11)8-5-1-3-7-4-2-6-13-9(7)8/h1-6H. The molecule has 16 heavy (non-hydrogen) atoms. The number of nitrogens with zero attached hydrogens (tertiary/aromatic N) is 3. The summed E-state index contributed by atoms with van der Waals surface area (Å²) < 4.78 is 0.945. The molecule has 0 N–H and O–H groups in total. The predicted molar refractivity (Wildman–Crippen MR) is 73.4 cm³/mol. The Bertz CT molecular complexity index is 645. The lowest BCUT2D eigenvalue weighted by atomic mass is 10.1. The minimum atomic E-state index is 0.925. The van der Waals surface area contributed by atoms with E-state index in [0.717, 1.165) is 24.5 Å². The minimum Gasteiger partial charge on any atom is -0.256 e. The van der Waals surface area contributed by atoms with Gasteiger partial charge in [-0.15, -0.1) is 10.2 Å². The van der Waals surface area contributed by atoms with Crippen LogP contribution in [0.1, 0.15) is 0 Å². The molecule has 0 saturated carbocycles. The van der Waals surface area contributed by atoms with Crippen LogP contribution in [-0.4, -0.2) is 15.2 Å². The molecule has 0 atom stereocenters. The number of pyridine rings is 1. The van der Waals surface area contributed by atoms with E-state index in [9.17, 15) is 0 Å². The number of rotatable bonds is 1. The van der Waals surface area contributed by atoms with Crippen molar-refractivity contribution in [2.45, 2.75) is 0 Å². The first-order valence-electron chi connectivity index (χ1n) is 4.68. The third-order valence-corrected chi connectivity index (χ3v) is 3.88. The van der Waals surface area contributed by atoms with Gasteiger partial charge in [-0.25, -0.2) is 0 Å². The van der Waals surface area contributed by atoms with Crippen molar-refractivity contribution in [1.82, 2.24) is 15.2 Å². The molecule has 0 saturated heterocycles. The van der Waals surface area contributed by atoms with Gasteiger partial charge in [0.1, 0.15) is 0 Å². The lowest BCUT2D eigenvalue weighted by Gasteiger charge is -2.00. The van der Waals surface area contributed by atoms with Gasteiger partial charge in [0.2, 0.25) is 0 Å². The second-order valence-corrected chi connectivity index (χ2v) is 5.97. The topological polar surface area (TPSA) is 38.7 Å². The van der Waals surface area contributed by atoms with Gasteiger partial charge in [0.25, 0.3) is 0 Å². The Balaban J connectivity index is 2.31. The van der Waals surface area contributed by atoms with Gasteiger partial charge in [-0.2, -0.15) is 0 Å². The Hall–Kier alpha value is -1.08. The van der Waals surface area contributed by atoms with Crippen molar-refractivity contribution in [3.63, 3.8) is 0 Å². The van der Waals surface area contributed by atoms with E-state index in [4.69, 9.17) is 0 Å². The molecule has 0 aliphatic rings. The Morgan fingerprint density at radius 2 is 1.94 bits per heavy atom. The van der Waals surface area contributed by atoms with E-state index in [-0.39, 0.29) is 0 Å². The first kappa shape index (κ1) is 10.1. The zero-order valence-corrected chi connectivity index (χ0v) is 11.1. The number of benzene rings is 1. The summed E-state index contributed by atoms with van der Waals surface area (Å²) >= 11 is 3.76. The van der Waals surface area contributed by atoms with E-state index < -0.39 is 0 Å². The smallest absolute Gasteiger partial charge is 0.178 e. The van der Waals surface area contributed by atoms with Gasteiger partial charge in [-0.3, -0.25) is 4.98 Å². The number of hydrogen-bond acceptors (Lipinski definition) is 4. The van der Waals surface area contributed by atoms with E-state index in [1.165, 1.54) is 0 Å². The van der Waals surface area contributed by atoms with Crippen molar-refractivity contribution >= 4 is 44.8 Å². The van der Waals surface area contributed by atoms with Gasteiger partial charge in [-0.1, -0.05) is 29.5 Å². The second-order valence-electron chi connectivity index (χ2n) is 3.24. The highest BCUT2D eigenvalue weighted by Gasteiger charge is 2.08. The third kappa shape index (κ3) is 1.69. The molecule has 1 aromatic carbocycles. The van der Waals surface area contributed by atoms with Crippen molar-refractivity contribution in [3.05, 3.63) is 39.5 Å². The number of fused-ring (bicyclic) bond motifs is 1. The van der Waals surface area contributed by atoms with Crippen LogP contribution in [0.5, 0.6) is 0 Å². The van der Waals surface area contributed by atoms with E-state index in [1.807, 2.05) is 18.2 Å². The summed E-state index contributed by atoms with van der Waals surface area (Å²) in [5.74, 6) is 0. The average Bonchev–Trinajstić information content (AvgIpc) is 2.75. The van der Waals surface area contributed by atoms with Crippen molar-refractivity contribution in [2.24, 2.45) is 0 Å². The highest BCUT2D eigenvalue weighted by atomic mass is 127. The van der Waals surface area contributed by atoms with Gasteiger partial charge in [-0.05, 0) is 34.7 Å². The highest BCUT2D eigenvalue weighted by Crippen LogP contribution is 2.29. The van der Waals surface area contributed by atoms with E-state index in [1.54, 1.807) is 17.5 Å². The normalized spacial score (nSPS) is 10.8. The number of para-hydroxylation sites is 1. The summed E-state index contributed by atoms with van der Waals surface area (Å²) in [5.41, 5.74) is 2.04. The van der Waals surface area contributed by atoms with Crippen LogP contribution in [0.3, 0.4) is 0 Å². The molecule has 0 spiro atoms. The molecule has 2 heterocycles. The van der Waals surface area contributed by atoms with Crippen molar-refractivity contribution in [3.8, 4) is 10.6 Å². The van der Waals surface area contributed by atoms with Crippen molar-refractivity contribution in [2.75, 3.05) is 0 Å². The lowest BCUT2D eigenvalue weighted by molar-refractivity contribution is 1.07. The third-order valence-electron chi connectivity index (χ3n) is 2.26. The van der Waals surface area contributed by atoms with E-state index in [2.05, 4.69) is 49.9 Å². The lowest BCUT2D eigenvalue weighted by Crippen LogP contribution is -1.83. The average molecular weight is 339 g/mol. The van der Waals surface area contributed by atoms with Crippen molar-refractivity contribution in [1.29, 1.82) is 0 Å². The molecule has 2 aromatic heterocycles. The van der Waals surface area contributed by atoms with Crippen LogP contribution < -0.4 is 0 Å². The molecule has 5 heteroatoms. The maximum absolute atomic E-state index is 4.40. The fourth-order valence-corrected chi connectivity index (χ4v) is 2.92. The van der Waals surface area contributed by atoms with Gasteiger partial charge < -0.3 is 0 Å². The Kier molecular flexibility index (Phi) is 2.56. The number of halogens is 1. The molecule has 0 aliphatic heterocycles. The number of hydrogen-bond donors (Lipinski definition) is 0. The minimum absolute atomic E-state index is 0.925. The Morgan fingerprint density at radius 3 is 2.75 bits per heavy atom. The van der Waals surface area contributed by atoms with Gasteiger partial charge in [0.05, 0.1) is 5.52 Å². The molecular weight excluding hydrogens is 333 g/mol.